The van der Waals surface area contributed by atoms with Gasteiger partial charge in [-0.2, -0.15) is 0 Å². The van der Waals surface area contributed by atoms with Crippen molar-refractivity contribution in [3.8, 4) is 0 Å². The van der Waals surface area contributed by atoms with Crippen LogP contribution in [0.15, 0.2) is 22.9 Å². The Morgan fingerprint density at radius 1 is 1.39 bits per heavy atom. The van der Waals surface area contributed by atoms with E-state index in [1.54, 1.807) is 10.7 Å². The fourth-order valence-corrected chi connectivity index (χ4v) is 2.56. The van der Waals surface area contributed by atoms with Crippen molar-refractivity contribution in [2.75, 3.05) is 0 Å². The third-order valence-corrected chi connectivity index (χ3v) is 3.66. The van der Waals surface area contributed by atoms with Gasteiger partial charge in [-0.1, -0.05) is 0 Å². The van der Waals surface area contributed by atoms with Gasteiger partial charge < -0.3 is 0 Å². The first-order valence-electron chi connectivity index (χ1n) is 5.48. The number of carbonyl (C=O) groups is 2. The third-order valence-electron chi connectivity index (χ3n) is 3.04. The van der Waals surface area contributed by atoms with Gasteiger partial charge in [0.15, 0.2) is 5.65 Å². The molecule has 0 saturated carbocycles. The second kappa shape index (κ2) is 4.16. The minimum Gasteiger partial charge on any atom is -0.296 e. The molecule has 1 unspecified atom stereocenters. The highest BCUT2D eigenvalue weighted by molar-refractivity contribution is 9.10. The standard InChI is InChI=1S/C11H9BrN4O2/c12-7-2-3-8(16-5-13-15-10(7)16)6-1-4-9(17)14-11(6)18/h2-3,5-6H,1,4H2,(H,14,17,18). The van der Waals surface area contributed by atoms with E-state index in [2.05, 4.69) is 31.4 Å². The first-order valence-corrected chi connectivity index (χ1v) is 6.28. The summed E-state index contributed by atoms with van der Waals surface area (Å²) in [7, 11) is 0. The summed E-state index contributed by atoms with van der Waals surface area (Å²) < 4.78 is 2.58. The minimum absolute atomic E-state index is 0.214. The van der Waals surface area contributed by atoms with Crippen LogP contribution in [0.2, 0.25) is 0 Å². The van der Waals surface area contributed by atoms with Gasteiger partial charge in [0, 0.05) is 12.1 Å². The molecule has 1 N–H and O–H groups in total. The average molecular weight is 309 g/mol. The molecule has 1 saturated heterocycles. The number of pyridine rings is 1. The van der Waals surface area contributed by atoms with Crippen LogP contribution in [0.5, 0.6) is 0 Å². The predicted molar refractivity (Wildman–Crippen MR) is 65.8 cm³/mol. The number of halogens is 1. The molecule has 0 radical (unpaired) electrons. The summed E-state index contributed by atoms with van der Waals surface area (Å²) in [6, 6.07) is 3.68. The summed E-state index contributed by atoms with van der Waals surface area (Å²) in [5.41, 5.74) is 1.46. The highest BCUT2D eigenvalue weighted by atomic mass is 79.9. The van der Waals surface area contributed by atoms with Crippen LogP contribution in [-0.4, -0.2) is 26.4 Å². The molecule has 1 fully saturated rings. The molecule has 3 heterocycles. The molecule has 92 valence electrons. The highest BCUT2D eigenvalue weighted by Gasteiger charge is 2.29. The van der Waals surface area contributed by atoms with Gasteiger partial charge in [-0.15, -0.1) is 10.2 Å². The number of hydrogen-bond acceptors (Lipinski definition) is 4. The molecular formula is C11H9BrN4O2. The maximum atomic E-state index is 11.9. The van der Waals surface area contributed by atoms with Gasteiger partial charge in [0.05, 0.1) is 10.4 Å². The zero-order chi connectivity index (χ0) is 12.7. The van der Waals surface area contributed by atoms with Crippen LogP contribution >= 0.6 is 15.9 Å². The number of carbonyl (C=O) groups excluding carboxylic acids is 2. The lowest BCUT2D eigenvalue weighted by molar-refractivity contribution is -0.134. The van der Waals surface area contributed by atoms with E-state index in [0.29, 0.717) is 18.5 Å². The van der Waals surface area contributed by atoms with Crippen LogP contribution in [0.25, 0.3) is 5.65 Å². The van der Waals surface area contributed by atoms with Crippen LogP contribution in [0.3, 0.4) is 0 Å². The number of imide groups is 1. The summed E-state index contributed by atoms with van der Waals surface area (Å²) in [5.74, 6) is -0.814. The Bertz CT molecular complexity index is 652. The molecule has 0 spiro atoms. The molecule has 7 heteroatoms. The second-order valence-corrected chi connectivity index (χ2v) is 4.99. The molecule has 0 bridgehead atoms. The molecule has 2 amide bonds. The highest BCUT2D eigenvalue weighted by Crippen LogP contribution is 2.27. The van der Waals surface area contributed by atoms with E-state index in [1.165, 1.54) is 0 Å². The molecule has 1 atom stereocenters. The Balaban J connectivity index is 2.09. The Morgan fingerprint density at radius 2 is 2.22 bits per heavy atom. The van der Waals surface area contributed by atoms with Crippen LogP contribution in [-0.2, 0) is 9.59 Å². The monoisotopic (exact) mass is 308 g/mol. The van der Waals surface area contributed by atoms with Crippen molar-refractivity contribution < 1.29 is 9.59 Å². The molecule has 18 heavy (non-hydrogen) atoms. The lowest BCUT2D eigenvalue weighted by Gasteiger charge is -2.21. The molecular weight excluding hydrogens is 300 g/mol. The number of amides is 2. The van der Waals surface area contributed by atoms with Crippen LogP contribution < -0.4 is 5.32 Å². The van der Waals surface area contributed by atoms with Gasteiger partial charge in [0.25, 0.3) is 0 Å². The van der Waals surface area contributed by atoms with Crippen molar-refractivity contribution in [3.05, 3.63) is 28.6 Å². The molecule has 2 aromatic heterocycles. The van der Waals surface area contributed by atoms with Crippen LogP contribution in [0.1, 0.15) is 24.5 Å². The zero-order valence-electron chi connectivity index (χ0n) is 9.26. The van der Waals surface area contributed by atoms with E-state index in [9.17, 15) is 9.59 Å². The van der Waals surface area contributed by atoms with Gasteiger partial charge in [-0.25, -0.2) is 0 Å². The van der Waals surface area contributed by atoms with E-state index in [0.717, 1.165) is 10.2 Å². The van der Waals surface area contributed by atoms with E-state index in [1.807, 2.05) is 12.1 Å². The number of nitrogens with one attached hydrogen (secondary N) is 1. The van der Waals surface area contributed by atoms with Crippen molar-refractivity contribution >= 4 is 33.4 Å². The van der Waals surface area contributed by atoms with Crippen molar-refractivity contribution in [2.45, 2.75) is 18.8 Å². The summed E-state index contributed by atoms with van der Waals surface area (Å²) in [6.07, 6.45) is 2.44. The first-order chi connectivity index (χ1) is 8.66. The largest absolute Gasteiger partial charge is 0.296 e. The summed E-state index contributed by atoms with van der Waals surface area (Å²) in [6.45, 7) is 0. The number of aromatic nitrogens is 3. The van der Waals surface area contributed by atoms with E-state index in [-0.39, 0.29) is 17.7 Å². The van der Waals surface area contributed by atoms with Gasteiger partial charge in [0.1, 0.15) is 6.33 Å². The molecule has 0 aromatic carbocycles. The smallest absolute Gasteiger partial charge is 0.235 e. The van der Waals surface area contributed by atoms with Gasteiger partial charge in [-0.3, -0.25) is 19.3 Å². The lowest BCUT2D eigenvalue weighted by atomic mass is 9.94. The molecule has 2 aromatic rings. The molecule has 1 aliphatic heterocycles. The van der Waals surface area contributed by atoms with Crippen molar-refractivity contribution in [2.24, 2.45) is 0 Å². The fourth-order valence-electron chi connectivity index (χ4n) is 2.16. The van der Waals surface area contributed by atoms with Crippen LogP contribution in [0.4, 0.5) is 0 Å². The SMILES string of the molecule is O=C1CCC(c2ccc(Br)c3nncn23)C(=O)N1. The Hall–Kier alpha value is -1.76. The maximum Gasteiger partial charge on any atom is 0.235 e. The van der Waals surface area contributed by atoms with Crippen molar-refractivity contribution in [1.82, 2.24) is 19.9 Å². The van der Waals surface area contributed by atoms with Crippen molar-refractivity contribution in [1.29, 1.82) is 0 Å². The second-order valence-electron chi connectivity index (χ2n) is 4.13. The third kappa shape index (κ3) is 1.71. The molecule has 1 aliphatic rings. The van der Waals surface area contributed by atoms with E-state index < -0.39 is 0 Å². The van der Waals surface area contributed by atoms with Crippen LogP contribution in [0, 0.1) is 0 Å². The fraction of sp³-hybridized carbons (Fsp3) is 0.273. The summed E-state index contributed by atoms with van der Waals surface area (Å²) in [5, 5.41) is 10.2. The normalized spacial score (nSPS) is 20.2. The molecule has 3 rings (SSSR count). The number of nitrogens with zero attached hydrogens (tertiary/aromatic N) is 3. The minimum atomic E-state index is -0.339. The van der Waals surface area contributed by atoms with E-state index >= 15 is 0 Å². The summed E-state index contributed by atoms with van der Waals surface area (Å²) >= 11 is 3.38. The number of fused-ring (bicyclic) bond motifs is 1. The Kier molecular flexibility index (Phi) is 2.62. The Labute approximate surface area is 111 Å². The zero-order valence-corrected chi connectivity index (χ0v) is 10.8. The predicted octanol–water partition coefficient (Wildman–Crippen LogP) is 1.01. The van der Waals surface area contributed by atoms with Gasteiger partial charge in [0.2, 0.25) is 11.8 Å². The quantitative estimate of drug-likeness (QED) is 0.798. The summed E-state index contributed by atoms with van der Waals surface area (Å²) in [4.78, 5) is 23.0. The number of piperidine rings is 1. The van der Waals surface area contributed by atoms with Gasteiger partial charge in [-0.05, 0) is 34.5 Å². The van der Waals surface area contributed by atoms with E-state index in [4.69, 9.17) is 0 Å². The maximum absolute atomic E-state index is 11.9. The average Bonchev–Trinajstić information content (AvgIpc) is 2.81. The first kappa shape index (κ1) is 11.3. The van der Waals surface area contributed by atoms with Crippen molar-refractivity contribution in [3.63, 3.8) is 0 Å². The molecule has 0 aliphatic carbocycles. The molecule has 6 nitrogen and oxygen atoms in total. The topological polar surface area (TPSA) is 76.4 Å². The number of hydrogen-bond donors (Lipinski definition) is 1. The Morgan fingerprint density at radius 3 is 3.00 bits per heavy atom. The lowest BCUT2D eigenvalue weighted by Crippen LogP contribution is -2.40. The number of rotatable bonds is 1. The van der Waals surface area contributed by atoms with Gasteiger partial charge >= 0.3 is 0 Å².